The first kappa shape index (κ1) is 13.1. The van der Waals surface area contributed by atoms with Crippen LogP contribution in [-0.4, -0.2) is 9.97 Å². The Labute approximate surface area is 123 Å². The smallest absolute Gasteiger partial charge is 0.306 e. The van der Waals surface area contributed by atoms with Crippen molar-refractivity contribution in [3.05, 3.63) is 69.4 Å². The second-order valence-corrected chi connectivity index (χ2v) is 5.69. The minimum atomic E-state index is -0.259. The normalized spacial score (nSPS) is 12.8. The molecule has 0 aliphatic carbocycles. The first-order valence-electron chi connectivity index (χ1n) is 6.16. The van der Waals surface area contributed by atoms with Gasteiger partial charge in [-0.15, -0.1) is 0 Å². The largest absolute Gasteiger partial charge is 0.323 e. The van der Waals surface area contributed by atoms with E-state index >= 15 is 0 Å². The molecule has 0 fully saturated rings. The molecule has 20 heavy (non-hydrogen) atoms. The summed E-state index contributed by atoms with van der Waals surface area (Å²) in [6.45, 7) is 1.93. The molecule has 0 spiro atoms. The van der Waals surface area contributed by atoms with E-state index in [1.54, 1.807) is 6.07 Å². The summed E-state index contributed by atoms with van der Waals surface area (Å²) >= 11 is 3.53. The fourth-order valence-electron chi connectivity index (χ4n) is 2.24. The number of benzene rings is 2. The van der Waals surface area contributed by atoms with Gasteiger partial charge in [0.05, 0.1) is 15.9 Å². The van der Waals surface area contributed by atoms with Gasteiger partial charge in [-0.25, -0.2) is 9.18 Å². The van der Waals surface area contributed by atoms with Crippen molar-refractivity contribution >= 4 is 27.0 Å². The molecule has 0 saturated carbocycles. The third kappa shape index (κ3) is 2.29. The topological polar surface area (TPSA) is 48.6 Å². The van der Waals surface area contributed by atoms with Crippen LogP contribution in [-0.2, 0) is 0 Å². The Morgan fingerprint density at radius 2 is 1.85 bits per heavy atom. The van der Waals surface area contributed by atoms with E-state index in [9.17, 15) is 9.18 Å². The summed E-state index contributed by atoms with van der Waals surface area (Å²) in [6, 6.07) is 10.5. The van der Waals surface area contributed by atoms with Gasteiger partial charge in [-0.1, -0.05) is 39.7 Å². The predicted octanol–water partition coefficient (Wildman–Crippen LogP) is 3.79. The highest BCUT2D eigenvalue weighted by Crippen LogP contribution is 2.33. The van der Waals surface area contributed by atoms with E-state index in [1.807, 2.05) is 31.2 Å². The summed E-state index contributed by atoms with van der Waals surface area (Å²) in [5, 5.41) is 0. The first-order chi connectivity index (χ1) is 9.54. The zero-order valence-electron chi connectivity index (χ0n) is 10.7. The maximum Gasteiger partial charge on any atom is 0.323 e. The van der Waals surface area contributed by atoms with Crippen molar-refractivity contribution in [2.24, 2.45) is 0 Å². The van der Waals surface area contributed by atoms with E-state index in [4.69, 9.17) is 0 Å². The Morgan fingerprint density at radius 3 is 2.65 bits per heavy atom. The Bertz CT molecular complexity index is 837. The van der Waals surface area contributed by atoms with Gasteiger partial charge >= 0.3 is 5.69 Å². The SMILES string of the molecule is Cc1ccc(F)c(C(Br)c2ccc3[nH]c(=O)[nH]c3c2)c1. The van der Waals surface area contributed by atoms with Crippen molar-refractivity contribution in [1.29, 1.82) is 0 Å². The second-order valence-electron chi connectivity index (χ2n) is 4.77. The number of aromatic amines is 2. The second kappa shape index (κ2) is 4.90. The number of fused-ring (bicyclic) bond motifs is 1. The minimum absolute atomic E-state index is 0.245. The average molecular weight is 335 g/mol. The third-order valence-corrected chi connectivity index (χ3v) is 4.28. The Kier molecular flexibility index (Phi) is 3.22. The van der Waals surface area contributed by atoms with Gasteiger partial charge in [0.1, 0.15) is 5.82 Å². The maximum absolute atomic E-state index is 13.9. The lowest BCUT2D eigenvalue weighted by atomic mass is 10.0. The minimum Gasteiger partial charge on any atom is -0.306 e. The number of halogens is 2. The zero-order valence-corrected chi connectivity index (χ0v) is 12.3. The quantitative estimate of drug-likeness (QED) is 0.688. The molecule has 2 N–H and O–H groups in total. The molecule has 3 nitrogen and oxygen atoms in total. The van der Waals surface area contributed by atoms with Gasteiger partial charge in [0.25, 0.3) is 0 Å². The van der Waals surface area contributed by atoms with Crippen LogP contribution in [0.4, 0.5) is 4.39 Å². The third-order valence-electron chi connectivity index (χ3n) is 3.26. The number of hydrogen-bond donors (Lipinski definition) is 2. The number of aryl methyl sites for hydroxylation is 1. The van der Waals surface area contributed by atoms with E-state index in [0.29, 0.717) is 11.1 Å². The van der Waals surface area contributed by atoms with Crippen LogP contribution < -0.4 is 5.69 Å². The van der Waals surface area contributed by atoms with Crippen molar-refractivity contribution in [3.8, 4) is 0 Å². The summed E-state index contributed by atoms with van der Waals surface area (Å²) < 4.78 is 13.9. The summed E-state index contributed by atoms with van der Waals surface area (Å²) in [6.07, 6.45) is 0. The van der Waals surface area contributed by atoms with Gasteiger partial charge in [0.2, 0.25) is 0 Å². The molecule has 3 aromatic rings. The van der Waals surface area contributed by atoms with Crippen molar-refractivity contribution < 1.29 is 4.39 Å². The van der Waals surface area contributed by atoms with E-state index in [1.165, 1.54) is 6.07 Å². The van der Waals surface area contributed by atoms with Crippen LogP contribution >= 0.6 is 15.9 Å². The van der Waals surface area contributed by atoms with Gasteiger partial charge in [-0.2, -0.15) is 0 Å². The lowest BCUT2D eigenvalue weighted by Crippen LogP contribution is -1.99. The number of aromatic nitrogens is 2. The van der Waals surface area contributed by atoms with Crippen LogP contribution in [0.25, 0.3) is 11.0 Å². The summed E-state index contributed by atoms with van der Waals surface area (Å²) in [7, 11) is 0. The highest BCUT2D eigenvalue weighted by Gasteiger charge is 2.15. The molecular formula is C15H12BrFN2O. The molecule has 5 heteroatoms. The van der Waals surface area contributed by atoms with Crippen molar-refractivity contribution in [2.75, 3.05) is 0 Å². The van der Waals surface area contributed by atoms with Crippen molar-refractivity contribution in [2.45, 2.75) is 11.8 Å². The van der Waals surface area contributed by atoms with Crippen LogP contribution in [0.15, 0.2) is 41.2 Å². The standard InChI is InChI=1S/C15H12BrFN2O/c1-8-2-4-11(17)10(6-8)14(16)9-3-5-12-13(7-9)19-15(20)18-12/h2-7,14H,1H3,(H2,18,19,20). The lowest BCUT2D eigenvalue weighted by Gasteiger charge is -2.12. The van der Waals surface area contributed by atoms with Crippen LogP contribution in [0.1, 0.15) is 21.5 Å². The van der Waals surface area contributed by atoms with Gasteiger partial charge in [-0.3, -0.25) is 0 Å². The van der Waals surface area contributed by atoms with Gasteiger partial charge in [0.15, 0.2) is 0 Å². The molecule has 2 aromatic carbocycles. The molecule has 0 aliphatic rings. The fourth-order valence-corrected chi connectivity index (χ4v) is 2.88. The predicted molar refractivity (Wildman–Crippen MR) is 80.8 cm³/mol. The number of alkyl halides is 1. The maximum atomic E-state index is 13.9. The summed E-state index contributed by atoms with van der Waals surface area (Å²) in [5.41, 5.74) is 3.68. The molecule has 0 aliphatic heterocycles. The van der Waals surface area contributed by atoms with Crippen molar-refractivity contribution in [3.63, 3.8) is 0 Å². The van der Waals surface area contributed by atoms with E-state index in [2.05, 4.69) is 25.9 Å². The Balaban J connectivity index is 2.09. The number of nitrogens with one attached hydrogen (secondary N) is 2. The molecule has 1 heterocycles. The monoisotopic (exact) mass is 334 g/mol. The first-order valence-corrected chi connectivity index (χ1v) is 7.08. The van der Waals surface area contributed by atoms with E-state index in [0.717, 1.165) is 16.6 Å². The molecule has 0 bridgehead atoms. The molecule has 1 atom stereocenters. The highest BCUT2D eigenvalue weighted by atomic mass is 79.9. The summed E-state index contributed by atoms with van der Waals surface area (Å²) in [4.78, 5) is 16.4. The zero-order chi connectivity index (χ0) is 14.3. The Morgan fingerprint density at radius 1 is 1.10 bits per heavy atom. The number of imidazole rings is 1. The average Bonchev–Trinajstić information content (AvgIpc) is 2.79. The van der Waals surface area contributed by atoms with Gasteiger partial charge in [0, 0.05) is 5.56 Å². The molecule has 1 aromatic heterocycles. The molecule has 1 unspecified atom stereocenters. The van der Waals surface area contributed by atoms with Gasteiger partial charge in [-0.05, 0) is 30.7 Å². The summed E-state index contributed by atoms with van der Waals surface area (Å²) in [5.74, 6) is -0.250. The number of hydrogen-bond acceptors (Lipinski definition) is 1. The number of rotatable bonds is 2. The molecule has 3 rings (SSSR count). The molecule has 0 amide bonds. The molecule has 0 saturated heterocycles. The highest BCUT2D eigenvalue weighted by molar-refractivity contribution is 9.09. The van der Waals surface area contributed by atoms with Crippen LogP contribution in [0.2, 0.25) is 0 Å². The van der Waals surface area contributed by atoms with Crippen LogP contribution in [0.3, 0.4) is 0 Å². The van der Waals surface area contributed by atoms with Crippen LogP contribution in [0, 0.1) is 12.7 Å². The lowest BCUT2D eigenvalue weighted by molar-refractivity contribution is 0.613. The fraction of sp³-hybridized carbons (Fsp3) is 0.133. The van der Waals surface area contributed by atoms with Crippen molar-refractivity contribution in [1.82, 2.24) is 9.97 Å². The Hall–Kier alpha value is -1.88. The molecular weight excluding hydrogens is 323 g/mol. The number of H-pyrrole nitrogens is 2. The van der Waals surface area contributed by atoms with Crippen LogP contribution in [0.5, 0.6) is 0 Å². The van der Waals surface area contributed by atoms with E-state index < -0.39 is 0 Å². The van der Waals surface area contributed by atoms with Gasteiger partial charge < -0.3 is 9.97 Å². The molecule has 0 radical (unpaired) electrons. The molecule has 102 valence electrons. The van der Waals surface area contributed by atoms with E-state index in [-0.39, 0.29) is 16.3 Å².